The van der Waals surface area contributed by atoms with Crippen molar-refractivity contribution in [3.8, 4) is 0 Å². The molecule has 2 amide bonds. The third-order valence-electron chi connectivity index (χ3n) is 5.56. The first kappa shape index (κ1) is 22.7. The van der Waals surface area contributed by atoms with Gasteiger partial charge < -0.3 is 14.7 Å². The lowest BCUT2D eigenvalue weighted by molar-refractivity contribution is -0.129. The Bertz CT molecular complexity index is 832. The first-order valence-corrected chi connectivity index (χ1v) is 11.8. The van der Waals surface area contributed by atoms with E-state index in [0.717, 1.165) is 41.5 Å². The van der Waals surface area contributed by atoms with Crippen LogP contribution in [0.25, 0.3) is 0 Å². The number of amides is 2. The largest absolute Gasteiger partial charge is 0.364 e. The van der Waals surface area contributed by atoms with E-state index in [1.165, 1.54) is 11.8 Å². The molecule has 8 heteroatoms. The molecule has 0 saturated carbocycles. The van der Waals surface area contributed by atoms with Crippen LogP contribution in [-0.2, 0) is 4.79 Å². The number of rotatable bonds is 4. The van der Waals surface area contributed by atoms with Gasteiger partial charge in [0.15, 0.2) is 0 Å². The van der Waals surface area contributed by atoms with E-state index in [9.17, 15) is 9.59 Å². The number of hydrogen-bond donors (Lipinski definition) is 0. The Balaban J connectivity index is 1.64. The van der Waals surface area contributed by atoms with Gasteiger partial charge in [0.2, 0.25) is 5.91 Å². The van der Waals surface area contributed by atoms with Gasteiger partial charge in [-0.3, -0.25) is 14.6 Å². The fourth-order valence-corrected chi connectivity index (χ4v) is 4.68. The van der Waals surface area contributed by atoms with Crippen LogP contribution in [0.4, 0.5) is 0 Å². The van der Waals surface area contributed by atoms with Crippen LogP contribution in [0.2, 0.25) is 0 Å². The summed E-state index contributed by atoms with van der Waals surface area (Å²) in [6.07, 6.45) is 6.72. The van der Waals surface area contributed by atoms with E-state index >= 15 is 0 Å². The summed E-state index contributed by atoms with van der Waals surface area (Å²) in [4.78, 5) is 36.1. The number of aromatic nitrogens is 1. The Kier molecular flexibility index (Phi) is 7.88. The van der Waals surface area contributed by atoms with E-state index in [0.29, 0.717) is 31.0 Å². The maximum Gasteiger partial charge on any atom is 0.256 e. The third kappa shape index (κ3) is 5.60. The van der Waals surface area contributed by atoms with E-state index in [2.05, 4.69) is 6.08 Å². The van der Waals surface area contributed by atoms with Crippen molar-refractivity contribution in [2.75, 3.05) is 46.0 Å². The Morgan fingerprint density at radius 2 is 1.90 bits per heavy atom. The molecule has 0 aliphatic carbocycles. The maximum atomic E-state index is 13.1. The molecule has 2 aliphatic heterocycles. The van der Waals surface area contributed by atoms with Gasteiger partial charge in [-0.25, -0.2) is 0 Å². The number of likely N-dealkylation sites (tertiary alicyclic amines) is 1. The summed E-state index contributed by atoms with van der Waals surface area (Å²) in [5, 5.41) is 0. The lowest BCUT2D eigenvalue weighted by atomic mass is 9.89. The van der Waals surface area contributed by atoms with Gasteiger partial charge in [0.05, 0.1) is 17.0 Å². The molecule has 30 heavy (non-hydrogen) atoms. The molecular weight excluding hydrogens is 416 g/mol. The van der Waals surface area contributed by atoms with Gasteiger partial charge in [-0.05, 0) is 38.3 Å². The monoisotopic (exact) mass is 446 g/mol. The maximum absolute atomic E-state index is 13.1. The van der Waals surface area contributed by atoms with E-state index in [1.807, 2.05) is 53.9 Å². The van der Waals surface area contributed by atoms with Crippen molar-refractivity contribution in [3.63, 3.8) is 0 Å². The zero-order valence-electron chi connectivity index (χ0n) is 18.0. The van der Waals surface area contributed by atoms with Gasteiger partial charge in [0.1, 0.15) is 4.32 Å². The molecule has 0 aromatic carbocycles. The first-order chi connectivity index (χ1) is 14.4. The van der Waals surface area contributed by atoms with Crippen molar-refractivity contribution in [1.29, 1.82) is 0 Å². The van der Waals surface area contributed by atoms with E-state index in [-0.39, 0.29) is 17.7 Å². The number of carbonyl (C=O) groups is 2. The average molecular weight is 447 g/mol. The molecule has 1 fully saturated rings. The van der Waals surface area contributed by atoms with Gasteiger partial charge >= 0.3 is 0 Å². The minimum atomic E-state index is 0.0638. The Hall–Kier alpha value is -1.93. The number of hydrogen-bond acceptors (Lipinski definition) is 5. The molecule has 0 bridgehead atoms. The van der Waals surface area contributed by atoms with Crippen LogP contribution < -0.4 is 0 Å². The van der Waals surface area contributed by atoms with Gasteiger partial charge in [0.25, 0.3) is 5.91 Å². The predicted octanol–water partition coefficient (Wildman–Crippen LogP) is 3.08. The number of aryl methyl sites for hydroxylation is 1. The molecule has 0 radical (unpaired) electrons. The average Bonchev–Trinajstić information content (AvgIpc) is 2.77. The normalized spacial score (nSPS) is 17.2. The summed E-state index contributed by atoms with van der Waals surface area (Å²) in [5.41, 5.74) is 2.53. The zero-order chi connectivity index (χ0) is 21.7. The summed E-state index contributed by atoms with van der Waals surface area (Å²) in [5.74, 6) is 0.755. The number of thioether (sulfide) groups is 1. The van der Waals surface area contributed by atoms with Crippen molar-refractivity contribution in [3.05, 3.63) is 41.2 Å². The van der Waals surface area contributed by atoms with Crippen LogP contribution >= 0.6 is 24.0 Å². The van der Waals surface area contributed by atoms with Gasteiger partial charge in [-0.15, -0.1) is 0 Å². The van der Waals surface area contributed by atoms with Crippen molar-refractivity contribution in [2.24, 2.45) is 0 Å². The zero-order valence-corrected chi connectivity index (χ0v) is 19.6. The summed E-state index contributed by atoms with van der Waals surface area (Å²) in [6, 6.07) is 3.84. The lowest BCUT2D eigenvalue weighted by Gasteiger charge is -2.33. The second-order valence-corrected chi connectivity index (χ2v) is 9.61. The van der Waals surface area contributed by atoms with Gasteiger partial charge in [-0.2, -0.15) is 0 Å². The fourth-order valence-electron chi connectivity index (χ4n) is 3.81. The van der Waals surface area contributed by atoms with Crippen LogP contribution in [-0.4, -0.2) is 81.8 Å². The van der Waals surface area contributed by atoms with Crippen LogP contribution in [0, 0.1) is 6.92 Å². The minimum Gasteiger partial charge on any atom is -0.364 e. The Morgan fingerprint density at radius 3 is 2.53 bits per heavy atom. The minimum absolute atomic E-state index is 0.0638. The highest BCUT2D eigenvalue weighted by Crippen LogP contribution is 2.30. The summed E-state index contributed by atoms with van der Waals surface area (Å²) >= 11 is 6.66. The van der Waals surface area contributed by atoms with Crippen molar-refractivity contribution >= 4 is 40.1 Å². The molecule has 3 heterocycles. The number of carbonyl (C=O) groups excluding carboxylic acids is 2. The molecule has 1 aromatic rings. The standard InChI is InChI=1S/C22H30N4O2S2/c1-16-7-8-18(21(28)26-11-5-4-6-12-26)20(23-16)17-9-13-25(14-10-17)19(27)15-30-22(29)24(2)3/h4-5,7-8,17H,6,9-15H2,1-3H3. The van der Waals surface area contributed by atoms with Gasteiger partial charge in [0, 0.05) is 51.9 Å². The molecule has 2 aliphatic rings. The number of piperidine rings is 1. The van der Waals surface area contributed by atoms with Crippen molar-refractivity contribution in [2.45, 2.75) is 32.1 Å². The Labute approximate surface area is 188 Å². The van der Waals surface area contributed by atoms with E-state index < -0.39 is 0 Å². The van der Waals surface area contributed by atoms with Crippen molar-refractivity contribution in [1.82, 2.24) is 19.7 Å². The number of thiocarbonyl (C=S) groups is 1. The molecule has 0 N–H and O–H groups in total. The summed E-state index contributed by atoms with van der Waals surface area (Å²) in [7, 11) is 3.78. The molecule has 3 rings (SSSR count). The van der Waals surface area contributed by atoms with Gasteiger partial charge in [-0.1, -0.05) is 36.1 Å². The van der Waals surface area contributed by atoms with Crippen LogP contribution in [0.5, 0.6) is 0 Å². The molecule has 1 saturated heterocycles. The Morgan fingerprint density at radius 1 is 1.17 bits per heavy atom. The second kappa shape index (κ2) is 10.4. The van der Waals surface area contributed by atoms with Crippen LogP contribution in [0.15, 0.2) is 24.3 Å². The highest BCUT2D eigenvalue weighted by Gasteiger charge is 2.29. The topological polar surface area (TPSA) is 56.8 Å². The third-order valence-corrected chi connectivity index (χ3v) is 7.28. The van der Waals surface area contributed by atoms with Crippen LogP contribution in [0.1, 0.15) is 46.9 Å². The summed E-state index contributed by atoms with van der Waals surface area (Å²) < 4.78 is 0.720. The SMILES string of the molecule is Cc1ccc(C(=O)N2CC=CCC2)c(C2CCN(C(=O)CSC(=S)N(C)C)CC2)n1. The number of pyridine rings is 1. The molecule has 6 nitrogen and oxygen atoms in total. The molecule has 0 atom stereocenters. The second-order valence-electron chi connectivity index (χ2n) is 8.00. The first-order valence-electron chi connectivity index (χ1n) is 10.4. The lowest BCUT2D eigenvalue weighted by Crippen LogP contribution is -2.40. The van der Waals surface area contributed by atoms with E-state index in [4.69, 9.17) is 17.2 Å². The summed E-state index contributed by atoms with van der Waals surface area (Å²) in [6.45, 7) is 4.75. The highest BCUT2D eigenvalue weighted by molar-refractivity contribution is 8.23. The molecular formula is C22H30N4O2S2. The highest BCUT2D eigenvalue weighted by atomic mass is 32.2. The number of nitrogens with zero attached hydrogens (tertiary/aromatic N) is 4. The smallest absolute Gasteiger partial charge is 0.256 e. The quantitative estimate of drug-likeness (QED) is 0.523. The fraction of sp³-hybridized carbons (Fsp3) is 0.545. The molecule has 0 spiro atoms. The molecule has 0 unspecified atom stereocenters. The van der Waals surface area contributed by atoms with Crippen molar-refractivity contribution < 1.29 is 9.59 Å². The molecule has 1 aromatic heterocycles. The van der Waals surface area contributed by atoms with E-state index in [1.54, 1.807) is 0 Å². The van der Waals surface area contributed by atoms with Crippen LogP contribution in [0.3, 0.4) is 0 Å². The molecule has 162 valence electrons. The predicted molar refractivity (Wildman–Crippen MR) is 126 cm³/mol.